The van der Waals surface area contributed by atoms with E-state index in [-0.39, 0.29) is 112 Å². The molecule has 6 atom stereocenters. The van der Waals surface area contributed by atoms with Gasteiger partial charge in [0.15, 0.2) is 6.29 Å². The summed E-state index contributed by atoms with van der Waals surface area (Å²) in [6, 6.07) is 25.5. The molecule has 0 radical (unpaired) electrons. The zero-order chi connectivity index (χ0) is 54.0. The Kier molecular flexibility index (Phi) is 27.0. The zero-order valence-electron chi connectivity index (χ0n) is 45.5. The highest BCUT2D eigenvalue weighted by Crippen LogP contribution is 2.46. The summed E-state index contributed by atoms with van der Waals surface area (Å²) >= 11 is 0. The molecule has 3 aromatic rings. The quantitative estimate of drug-likeness (QED) is 0.0198. The van der Waals surface area contributed by atoms with E-state index >= 15 is 0 Å². The highest BCUT2D eigenvalue weighted by Gasteiger charge is 2.43. The smallest absolute Gasteiger partial charge is 0.302 e. The summed E-state index contributed by atoms with van der Waals surface area (Å²) < 4.78 is 50.6. The topological polar surface area (TPSA) is 165 Å². The highest BCUT2D eigenvalue weighted by atomic mass is 31.2. The number of carbonyl (C=O) groups is 4. The number of Topliss-reactive ketones (excluding diaryl/α,β-unsaturated/α-hetero) is 1. The third-order valence-electron chi connectivity index (χ3n) is 13.3. The molecule has 6 unspecified atom stereocenters. The van der Waals surface area contributed by atoms with E-state index in [9.17, 15) is 19.2 Å². The number of esters is 1. The van der Waals surface area contributed by atoms with Crippen molar-refractivity contribution < 1.29 is 56.6 Å². The summed E-state index contributed by atoms with van der Waals surface area (Å²) in [6.45, 7) is 24.3. The second kappa shape index (κ2) is 32.5. The first-order valence-corrected chi connectivity index (χ1v) is 27.3. The van der Waals surface area contributed by atoms with Gasteiger partial charge in [-0.3, -0.25) is 19.2 Å². The van der Waals surface area contributed by atoms with E-state index in [0.717, 1.165) is 23.1 Å². The molecule has 1 heterocycles. The Morgan fingerprint density at radius 1 is 0.716 bits per heavy atom. The number of benzene rings is 3. The van der Waals surface area contributed by atoms with Crippen LogP contribution in [-0.2, 0) is 52.8 Å². The fourth-order valence-corrected chi connectivity index (χ4v) is 10.8. The van der Waals surface area contributed by atoms with Gasteiger partial charge in [0, 0.05) is 64.9 Å². The van der Waals surface area contributed by atoms with Crippen LogP contribution in [0.5, 0.6) is 11.5 Å². The molecule has 74 heavy (non-hydrogen) atoms. The van der Waals surface area contributed by atoms with E-state index in [1.54, 1.807) is 19.1 Å². The van der Waals surface area contributed by atoms with Crippen molar-refractivity contribution in [1.29, 1.82) is 0 Å². The Morgan fingerprint density at radius 2 is 1.27 bits per heavy atom. The van der Waals surface area contributed by atoms with Gasteiger partial charge < -0.3 is 52.5 Å². The lowest BCUT2D eigenvalue weighted by atomic mass is 9.80. The number of nitrogens with one attached hydrogen (secondary N) is 1. The molecular weight excluding hydrogens is 964 g/mol. The van der Waals surface area contributed by atoms with E-state index in [1.165, 1.54) is 13.8 Å². The average Bonchev–Trinajstić information content (AvgIpc) is 3.38. The molecule has 1 saturated heterocycles. The van der Waals surface area contributed by atoms with Crippen molar-refractivity contribution in [3.05, 3.63) is 107 Å². The number of unbranched alkanes of at least 4 members (excludes halogenated alkanes) is 3. The van der Waals surface area contributed by atoms with Crippen molar-refractivity contribution in [2.45, 2.75) is 143 Å². The van der Waals surface area contributed by atoms with Crippen molar-refractivity contribution in [3.8, 4) is 11.5 Å². The van der Waals surface area contributed by atoms with Crippen molar-refractivity contribution in [2.24, 2.45) is 11.8 Å². The van der Waals surface area contributed by atoms with E-state index < -0.39 is 20.4 Å². The number of amides is 2. The second-order valence-electron chi connectivity index (χ2n) is 19.3. The number of nitrogens with zero attached hydrogens (tertiary/aromatic N) is 3. The molecule has 1 aliphatic heterocycles. The van der Waals surface area contributed by atoms with Crippen LogP contribution >= 0.6 is 8.53 Å². The van der Waals surface area contributed by atoms with Crippen LogP contribution < -0.4 is 14.8 Å². The van der Waals surface area contributed by atoms with E-state index in [2.05, 4.69) is 42.5 Å². The van der Waals surface area contributed by atoms with Gasteiger partial charge in [-0.15, -0.1) is 0 Å². The largest absolute Gasteiger partial charge is 0.497 e. The van der Waals surface area contributed by atoms with Gasteiger partial charge in [0.05, 0.1) is 39.6 Å². The maximum Gasteiger partial charge on any atom is 0.302 e. The summed E-state index contributed by atoms with van der Waals surface area (Å²) in [6.07, 6.45) is 3.27. The minimum Gasteiger partial charge on any atom is -0.497 e. The van der Waals surface area contributed by atoms with Gasteiger partial charge >= 0.3 is 5.97 Å². The summed E-state index contributed by atoms with van der Waals surface area (Å²) in [7, 11) is 1.75. The summed E-state index contributed by atoms with van der Waals surface area (Å²) in [5.74, 6) is 0.968. The lowest BCUT2D eigenvalue weighted by Gasteiger charge is -2.44. The monoisotopic (exact) mass is 1050 g/mol. The summed E-state index contributed by atoms with van der Waals surface area (Å²) in [5.41, 5.74) is 1.58. The SMILES string of the molecule is [C-]#[N+]CCOP(OCCN(CCOC(c1ccccc1)(c1ccc(OC)cc1)c1ccc(OC)cc1)C(=O)CCCCC(=O)CCCCCOC1OC(COC(C)=O)C(C)C(C)C1NC(C)=O)N(C(C)C)C(C)C. The fourth-order valence-electron chi connectivity index (χ4n) is 9.23. The van der Waals surface area contributed by atoms with E-state index in [4.69, 9.17) is 44.0 Å². The molecule has 0 spiro atoms. The van der Waals surface area contributed by atoms with Crippen LogP contribution in [0.1, 0.15) is 123 Å². The van der Waals surface area contributed by atoms with Crippen LogP contribution in [0.25, 0.3) is 4.85 Å². The van der Waals surface area contributed by atoms with Crippen LogP contribution in [0.15, 0.2) is 78.9 Å². The van der Waals surface area contributed by atoms with Crippen LogP contribution in [0, 0.1) is 18.4 Å². The first kappa shape index (κ1) is 61.6. The van der Waals surface area contributed by atoms with E-state index in [1.807, 2.05) is 92.7 Å². The Morgan fingerprint density at radius 3 is 1.82 bits per heavy atom. The Hall–Kier alpha value is -4.98. The number of ketones is 1. The number of hydrogen-bond donors (Lipinski definition) is 1. The molecule has 17 heteroatoms. The minimum atomic E-state index is -1.52. The zero-order valence-corrected chi connectivity index (χ0v) is 46.4. The van der Waals surface area contributed by atoms with Crippen molar-refractivity contribution in [2.75, 3.05) is 66.9 Å². The maximum absolute atomic E-state index is 14.3. The molecule has 3 aromatic carbocycles. The van der Waals surface area contributed by atoms with Crippen LogP contribution in [0.3, 0.4) is 0 Å². The standard InChI is InChI=1S/C57H83N4O12P/c1-41(2)61(42(3)4)74(71-37-33-58-9)72-39-35-60(34-38-70-57(47-20-14-12-15-21-47,48-25-29-51(66-10)30-26-48)49-27-31-52(67-11)32-28-49)54(65)24-18-17-23-50(64)22-16-13-19-36-68-56-55(59-45(7)62)44(6)43(5)53(73-56)40-69-46(8)63/h12,14-15,20-21,25-32,41-44,53,55-56H,13,16-19,22-24,33-40H2,1-8,10-11H3,(H,59,62). The molecule has 0 bridgehead atoms. The van der Waals surface area contributed by atoms with Gasteiger partial charge in [-0.1, -0.05) is 74.9 Å². The van der Waals surface area contributed by atoms with Gasteiger partial charge in [0.1, 0.15) is 36.1 Å². The summed E-state index contributed by atoms with van der Waals surface area (Å²) in [4.78, 5) is 56.1. The lowest BCUT2D eigenvalue weighted by Crippen LogP contribution is -2.58. The van der Waals surface area contributed by atoms with Crippen LogP contribution in [0.2, 0.25) is 0 Å². The number of hydrogen-bond acceptors (Lipinski definition) is 13. The number of methoxy groups -OCH3 is 2. The Bertz CT molecular complexity index is 2120. The molecule has 16 nitrogen and oxygen atoms in total. The molecule has 0 aromatic heterocycles. The van der Waals surface area contributed by atoms with Gasteiger partial charge in [-0.05, 0) is 106 Å². The normalized spacial score (nSPS) is 18.2. The Balaban J connectivity index is 1.41. The van der Waals surface area contributed by atoms with Crippen molar-refractivity contribution in [1.82, 2.24) is 14.9 Å². The Labute approximate surface area is 442 Å². The predicted octanol–water partition coefficient (Wildman–Crippen LogP) is 9.91. The molecule has 0 aliphatic carbocycles. The average molecular weight is 1050 g/mol. The van der Waals surface area contributed by atoms with Crippen LogP contribution in [0.4, 0.5) is 0 Å². The highest BCUT2D eigenvalue weighted by molar-refractivity contribution is 7.44. The molecule has 2 amide bonds. The molecule has 408 valence electrons. The predicted molar refractivity (Wildman–Crippen MR) is 286 cm³/mol. The third-order valence-corrected chi connectivity index (χ3v) is 15.4. The van der Waals surface area contributed by atoms with Crippen molar-refractivity contribution in [3.63, 3.8) is 0 Å². The first-order chi connectivity index (χ1) is 35.6. The lowest BCUT2D eigenvalue weighted by molar-refractivity contribution is -0.244. The maximum atomic E-state index is 14.3. The fraction of sp³-hybridized carbons (Fsp3) is 0.596. The third kappa shape index (κ3) is 19.0. The molecule has 1 N–H and O–H groups in total. The molecule has 1 aliphatic rings. The van der Waals surface area contributed by atoms with Gasteiger partial charge in [0.2, 0.25) is 18.4 Å². The molecule has 0 saturated carbocycles. The number of rotatable bonds is 34. The molecule has 1 fully saturated rings. The van der Waals surface area contributed by atoms with Crippen molar-refractivity contribution >= 4 is 32.1 Å². The minimum absolute atomic E-state index is 0.0183. The van der Waals surface area contributed by atoms with Crippen LogP contribution in [-0.4, -0.2) is 131 Å². The second-order valence-corrected chi connectivity index (χ2v) is 20.8. The van der Waals surface area contributed by atoms with Gasteiger partial charge in [-0.2, -0.15) is 0 Å². The molecular formula is C57H83N4O12P. The number of ether oxygens (including phenoxy) is 6. The summed E-state index contributed by atoms with van der Waals surface area (Å²) in [5, 5.41) is 2.97. The molecule has 4 rings (SSSR count). The first-order valence-electron chi connectivity index (χ1n) is 26.2. The van der Waals surface area contributed by atoms with Gasteiger partial charge in [-0.25, -0.2) is 11.2 Å². The van der Waals surface area contributed by atoms with Gasteiger partial charge in [0.25, 0.3) is 8.53 Å². The van der Waals surface area contributed by atoms with E-state index in [0.29, 0.717) is 56.6 Å². The number of carbonyl (C=O) groups excluding carboxylic acids is 4.